The van der Waals surface area contributed by atoms with Gasteiger partial charge in [-0.15, -0.1) is 0 Å². The average Bonchev–Trinajstić information content (AvgIpc) is 2.48. The third-order valence-electron chi connectivity index (χ3n) is 1.86. The topological polar surface area (TPSA) is 50.1 Å². The van der Waals surface area contributed by atoms with E-state index in [1.54, 1.807) is 0 Å². The summed E-state index contributed by atoms with van der Waals surface area (Å²) in [6.07, 6.45) is -4.41. The lowest BCUT2D eigenvalue weighted by molar-refractivity contribution is -0.141. The monoisotopic (exact) mass is 223 g/mol. The summed E-state index contributed by atoms with van der Waals surface area (Å²) in [6, 6.07) is 0.990. The zero-order chi connectivity index (χ0) is 11.5. The molecular weight excluding hydrogens is 211 g/mol. The summed E-state index contributed by atoms with van der Waals surface area (Å²) in [7, 11) is 1.45. The minimum absolute atomic E-state index is 0.0516. The molecule has 7 heteroatoms. The number of alkyl halides is 3. The van der Waals surface area contributed by atoms with Gasteiger partial charge in [0.15, 0.2) is 5.69 Å². The summed E-state index contributed by atoms with van der Waals surface area (Å²) >= 11 is 0. The molecule has 0 unspecified atom stereocenters. The van der Waals surface area contributed by atoms with E-state index in [0.29, 0.717) is 12.2 Å². The molecule has 86 valence electrons. The number of aliphatic hydroxyl groups is 1. The largest absolute Gasteiger partial charge is 0.435 e. The van der Waals surface area contributed by atoms with Crippen LogP contribution in [-0.4, -0.2) is 28.0 Å². The van der Waals surface area contributed by atoms with Crippen LogP contribution in [0.4, 0.5) is 13.2 Å². The van der Waals surface area contributed by atoms with Crippen molar-refractivity contribution in [2.45, 2.75) is 12.7 Å². The van der Waals surface area contributed by atoms with E-state index < -0.39 is 11.9 Å². The number of aromatic nitrogens is 2. The Morgan fingerprint density at radius 2 is 2.20 bits per heavy atom. The Labute approximate surface area is 84.7 Å². The van der Waals surface area contributed by atoms with Crippen molar-refractivity contribution in [3.63, 3.8) is 0 Å². The standard InChI is InChI=1S/C8H12F3N3O/c1-14-6(5-12-2-3-15)4-7(13-14)8(9,10)11/h4,12,15H,2-3,5H2,1H3. The molecule has 0 spiro atoms. The van der Waals surface area contributed by atoms with Crippen molar-refractivity contribution in [2.24, 2.45) is 7.05 Å². The molecule has 1 rings (SSSR count). The first-order valence-electron chi connectivity index (χ1n) is 4.37. The van der Waals surface area contributed by atoms with E-state index >= 15 is 0 Å². The lowest BCUT2D eigenvalue weighted by Crippen LogP contribution is -2.19. The lowest BCUT2D eigenvalue weighted by atomic mass is 10.3. The van der Waals surface area contributed by atoms with Crippen LogP contribution in [0.5, 0.6) is 0 Å². The molecule has 0 aliphatic carbocycles. The quantitative estimate of drug-likeness (QED) is 0.732. The molecule has 0 radical (unpaired) electrons. The predicted octanol–water partition coefficient (Wildman–Crippen LogP) is 0.521. The number of nitrogens with zero attached hydrogens (tertiary/aromatic N) is 2. The Bertz CT molecular complexity index is 321. The van der Waals surface area contributed by atoms with Crippen LogP contribution in [0.1, 0.15) is 11.4 Å². The molecule has 0 aromatic carbocycles. The molecule has 0 fully saturated rings. The number of hydrogen-bond donors (Lipinski definition) is 2. The van der Waals surface area contributed by atoms with Crippen LogP contribution in [0.2, 0.25) is 0 Å². The summed E-state index contributed by atoms with van der Waals surface area (Å²) in [5.74, 6) is 0. The second kappa shape index (κ2) is 4.63. The highest BCUT2D eigenvalue weighted by Crippen LogP contribution is 2.28. The summed E-state index contributed by atoms with van der Waals surface area (Å²) in [4.78, 5) is 0. The van der Waals surface area contributed by atoms with E-state index in [0.717, 1.165) is 6.07 Å². The molecule has 0 bridgehead atoms. The Balaban J connectivity index is 2.69. The minimum atomic E-state index is -4.41. The molecule has 1 heterocycles. The van der Waals surface area contributed by atoms with Crippen LogP contribution in [0.3, 0.4) is 0 Å². The zero-order valence-electron chi connectivity index (χ0n) is 8.17. The third-order valence-corrected chi connectivity index (χ3v) is 1.86. The smallest absolute Gasteiger partial charge is 0.395 e. The Kier molecular flexibility index (Phi) is 3.70. The van der Waals surface area contributed by atoms with Gasteiger partial charge in [0, 0.05) is 20.1 Å². The van der Waals surface area contributed by atoms with Gasteiger partial charge in [-0.1, -0.05) is 0 Å². The van der Waals surface area contributed by atoms with Crippen LogP contribution in [0.25, 0.3) is 0 Å². The molecule has 1 aromatic heterocycles. The highest BCUT2D eigenvalue weighted by atomic mass is 19.4. The van der Waals surface area contributed by atoms with E-state index in [9.17, 15) is 13.2 Å². The maximum Gasteiger partial charge on any atom is 0.435 e. The highest BCUT2D eigenvalue weighted by Gasteiger charge is 2.34. The van der Waals surface area contributed by atoms with Crippen molar-refractivity contribution >= 4 is 0 Å². The fourth-order valence-corrected chi connectivity index (χ4v) is 1.11. The number of aryl methyl sites for hydroxylation is 1. The first kappa shape index (κ1) is 12.0. The van der Waals surface area contributed by atoms with E-state index in [2.05, 4.69) is 10.4 Å². The lowest BCUT2D eigenvalue weighted by Gasteiger charge is -2.01. The van der Waals surface area contributed by atoms with Gasteiger partial charge in [0.2, 0.25) is 0 Å². The molecule has 0 aliphatic rings. The molecule has 15 heavy (non-hydrogen) atoms. The molecule has 2 N–H and O–H groups in total. The van der Waals surface area contributed by atoms with Crippen molar-refractivity contribution < 1.29 is 18.3 Å². The maximum absolute atomic E-state index is 12.2. The molecule has 0 saturated heterocycles. The van der Waals surface area contributed by atoms with Crippen molar-refractivity contribution in [1.29, 1.82) is 0 Å². The van der Waals surface area contributed by atoms with Crippen LogP contribution in [-0.2, 0) is 19.8 Å². The normalized spacial score (nSPS) is 12.1. The highest BCUT2D eigenvalue weighted by molar-refractivity contribution is 5.12. The van der Waals surface area contributed by atoms with Gasteiger partial charge in [0.1, 0.15) is 0 Å². The molecule has 0 atom stereocenters. The summed E-state index contributed by atoms with van der Waals surface area (Å²) in [6.45, 7) is 0.538. The van der Waals surface area contributed by atoms with Gasteiger partial charge < -0.3 is 10.4 Å². The fourth-order valence-electron chi connectivity index (χ4n) is 1.11. The molecule has 0 saturated carbocycles. The molecule has 0 amide bonds. The van der Waals surface area contributed by atoms with Gasteiger partial charge in [-0.3, -0.25) is 4.68 Å². The number of aliphatic hydroxyl groups excluding tert-OH is 1. The van der Waals surface area contributed by atoms with Crippen molar-refractivity contribution in [3.8, 4) is 0 Å². The van der Waals surface area contributed by atoms with E-state index in [1.165, 1.54) is 11.7 Å². The second-order valence-corrected chi connectivity index (χ2v) is 3.04. The van der Waals surface area contributed by atoms with E-state index in [4.69, 9.17) is 5.11 Å². The van der Waals surface area contributed by atoms with Gasteiger partial charge in [-0.2, -0.15) is 18.3 Å². The summed E-state index contributed by atoms with van der Waals surface area (Å²) < 4.78 is 37.9. The summed E-state index contributed by atoms with van der Waals surface area (Å²) in [5, 5.41) is 14.6. The van der Waals surface area contributed by atoms with E-state index in [1.807, 2.05) is 0 Å². The van der Waals surface area contributed by atoms with Gasteiger partial charge in [-0.05, 0) is 6.07 Å². The number of rotatable bonds is 4. The SMILES string of the molecule is Cn1nc(C(F)(F)F)cc1CNCCO. The van der Waals surface area contributed by atoms with Crippen molar-refractivity contribution in [1.82, 2.24) is 15.1 Å². The first-order valence-corrected chi connectivity index (χ1v) is 4.37. The molecule has 0 aliphatic heterocycles. The molecular formula is C8H12F3N3O. The fraction of sp³-hybridized carbons (Fsp3) is 0.625. The predicted molar refractivity (Wildman–Crippen MR) is 47.0 cm³/mol. The number of halogens is 3. The molecule has 4 nitrogen and oxygen atoms in total. The number of nitrogens with one attached hydrogen (secondary N) is 1. The molecule has 1 aromatic rings. The zero-order valence-corrected chi connectivity index (χ0v) is 8.17. The maximum atomic E-state index is 12.2. The minimum Gasteiger partial charge on any atom is -0.395 e. The Morgan fingerprint density at radius 3 is 2.67 bits per heavy atom. The van der Waals surface area contributed by atoms with Gasteiger partial charge in [-0.25, -0.2) is 0 Å². The Morgan fingerprint density at radius 1 is 1.53 bits per heavy atom. The van der Waals surface area contributed by atoms with Crippen molar-refractivity contribution in [2.75, 3.05) is 13.2 Å². The third kappa shape index (κ3) is 3.21. The van der Waals surface area contributed by atoms with Gasteiger partial charge >= 0.3 is 6.18 Å². The first-order chi connectivity index (χ1) is 6.95. The van der Waals surface area contributed by atoms with Crippen molar-refractivity contribution in [3.05, 3.63) is 17.5 Å². The number of hydrogen-bond acceptors (Lipinski definition) is 3. The summed E-state index contributed by atoms with van der Waals surface area (Å²) in [5.41, 5.74) is -0.471. The average molecular weight is 223 g/mol. The second-order valence-electron chi connectivity index (χ2n) is 3.04. The van der Waals surface area contributed by atoms with Crippen LogP contribution >= 0.6 is 0 Å². The van der Waals surface area contributed by atoms with Gasteiger partial charge in [0.05, 0.1) is 12.3 Å². The van der Waals surface area contributed by atoms with Gasteiger partial charge in [0.25, 0.3) is 0 Å². The van der Waals surface area contributed by atoms with Crippen LogP contribution < -0.4 is 5.32 Å². The Hall–Kier alpha value is -1.08. The van der Waals surface area contributed by atoms with Crippen LogP contribution in [0, 0.1) is 0 Å². The van der Waals surface area contributed by atoms with Crippen LogP contribution in [0.15, 0.2) is 6.07 Å². The van der Waals surface area contributed by atoms with E-state index in [-0.39, 0.29) is 13.2 Å².